The zero-order valence-corrected chi connectivity index (χ0v) is 19.9. The van der Waals surface area contributed by atoms with Gasteiger partial charge in [-0.25, -0.2) is 0 Å². The van der Waals surface area contributed by atoms with Gasteiger partial charge in [0, 0.05) is 18.3 Å². The van der Waals surface area contributed by atoms with E-state index in [4.69, 9.17) is 4.74 Å². The van der Waals surface area contributed by atoms with Gasteiger partial charge >= 0.3 is 5.97 Å². The minimum Gasteiger partial charge on any atom is -0.462 e. The summed E-state index contributed by atoms with van der Waals surface area (Å²) in [6.45, 7) is 8.36. The zero-order chi connectivity index (χ0) is 21.6. The molecule has 5 fully saturated rings. The van der Waals surface area contributed by atoms with Crippen molar-refractivity contribution >= 4 is 11.8 Å². The predicted molar refractivity (Wildman–Crippen MR) is 121 cm³/mol. The lowest BCUT2D eigenvalue weighted by atomic mass is 9.45. The van der Waals surface area contributed by atoms with Crippen molar-refractivity contribution in [1.82, 2.24) is 0 Å². The molecular weight excluding hydrogens is 386 g/mol. The molecule has 0 aromatic rings. The van der Waals surface area contributed by atoms with E-state index in [2.05, 4.69) is 13.8 Å². The van der Waals surface area contributed by atoms with E-state index in [1.807, 2.05) is 0 Å². The van der Waals surface area contributed by atoms with E-state index in [0.29, 0.717) is 29.5 Å². The van der Waals surface area contributed by atoms with Crippen molar-refractivity contribution < 1.29 is 19.2 Å². The Morgan fingerprint density at radius 2 is 1.74 bits per heavy atom. The molecule has 7 atom stereocenters. The van der Waals surface area contributed by atoms with Gasteiger partial charge in [-0.15, -0.1) is 0 Å². The van der Waals surface area contributed by atoms with Gasteiger partial charge in [0.15, 0.2) is 0 Å². The summed E-state index contributed by atoms with van der Waals surface area (Å²) in [4.78, 5) is 26.4. The molecule has 31 heavy (non-hydrogen) atoms. The van der Waals surface area contributed by atoms with Gasteiger partial charge in [0.25, 0.3) is 0 Å². The number of piperidine rings is 1. The molecule has 0 amide bonds. The lowest BCUT2D eigenvalue weighted by molar-refractivity contribution is -0.904. The highest BCUT2D eigenvalue weighted by molar-refractivity contribution is 5.79. The van der Waals surface area contributed by atoms with Crippen LogP contribution in [0.2, 0.25) is 0 Å². The number of carbonyl (C=O) groups excluding carboxylic acids is 2. The molecular formula is C27H44NO3+. The number of hydrogen-bond acceptors (Lipinski definition) is 3. The van der Waals surface area contributed by atoms with Crippen LogP contribution in [-0.2, 0) is 14.3 Å². The quantitative estimate of drug-likeness (QED) is 0.687. The summed E-state index contributed by atoms with van der Waals surface area (Å²) in [5, 5.41) is 0. The molecule has 4 heteroatoms. The van der Waals surface area contributed by atoms with E-state index < -0.39 is 0 Å². The third-order valence-corrected chi connectivity index (χ3v) is 10.9. The van der Waals surface area contributed by atoms with Gasteiger partial charge in [0.2, 0.25) is 0 Å². The van der Waals surface area contributed by atoms with Crippen LogP contribution in [0.5, 0.6) is 0 Å². The number of quaternary nitrogens is 1. The molecule has 4 aliphatic carbocycles. The van der Waals surface area contributed by atoms with Crippen LogP contribution in [-0.4, -0.2) is 37.5 Å². The number of rotatable bonds is 4. The van der Waals surface area contributed by atoms with Crippen molar-refractivity contribution in [1.29, 1.82) is 0 Å². The highest BCUT2D eigenvalue weighted by Gasteiger charge is 2.61. The van der Waals surface area contributed by atoms with Crippen molar-refractivity contribution in [3.8, 4) is 0 Å². The standard InChI is InChI=1S/C27H43NO3/c1-26-13-10-20(29)18-19(26)6-7-21-22-8-9-24(27(22,2)14-11-23(21)26)31-25(30)12-17-28-15-4-3-5-16-28/h19,21-24H,3-18H2,1-2H3/p+1/t19-,21-,22+,23-,24+,26-,27+/m1/s1. The average molecular weight is 431 g/mol. The van der Waals surface area contributed by atoms with Crippen LogP contribution in [0, 0.1) is 34.5 Å². The second-order valence-electron chi connectivity index (χ2n) is 12.3. The van der Waals surface area contributed by atoms with Crippen LogP contribution in [0.3, 0.4) is 0 Å². The molecule has 174 valence electrons. The second kappa shape index (κ2) is 8.47. The van der Waals surface area contributed by atoms with Gasteiger partial charge in [-0.05, 0) is 93.3 Å². The summed E-state index contributed by atoms with van der Waals surface area (Å²) in [6.07, 6.45) is 14.7. The molecule has 1 aliphatic heterocycles. The molecule has 4 saturated carbocycles. The monoisotopic (exact) mass is 430 g/mol. The fraction of sp³-hybridized carbons (Fsp3) is 0.926. The first kappa shape index (κ1) is 21.9. The van der Waals surface area contributed by atoms with Gasteiger partial charge in [0.05, 0.1) is 26.1 Å². The first-order valence-corrected chi connectivity index (χ1v) is 13.4. The van der Waals surface area contributed by atoms with Gasteiger partial charge in [-0.1, -0.05) is 13.8 Å². The molecule has 5 aliphatic rings. The Hall–Kier alpha value is -0.900. The van der Waals surface area contributed by atoms with Crippen LogP contribution in [0.15, 0.2) is 0 Å². The number of fused-ring (bicyclic) bond motifs is 5. The van der Waals surface area contributed by atoms with Crippen molar-refractivity contribution in [2.75, 3.05) is 19.6 Å². The van der Waals surface area contributed by atoms with Crippen LogP contribution in [0.4, 0.5) is 0 Å². The van der Waals surface area contributed by atoms with E-state index >= 15 is 0 Å². The largest absolute Gasteiger partial charge is 0.462 e. The molecule has 0 aromatic heterocycles. The minimum atomic E-state index is 0.0496. The Labute approximate surface area is 188 Å². The number of hydrogen-bond donors (Lipinski definition) is 1. The third-order valence-electron chi connectivity index (χ3n) is 10.9. The lowest BCUT2D eigenvalue weighted by Gasteiger charge is -2.60. The molecule has 0 spiro atoms. The van der Waals surface area contributed by atoms with Gasteiger partial charge in [-0.2, -0.15) is 0 Å². The first-order valence-electron chi connectivity index (χ1n) is 13.4. The maximum Gasteiger partial charge on any atom is 0.311 e. The number of likely N-dealkylation sites (tertiary alicyclic amines) is 1. The summed E-state index contributed by atoms with van der Waals surface area (Å²) in [5.74, 6) is 3.41. The molecule has 1 saturated heterocycles. The number of esters is 1. The Kier molecular flexibility index (Phi) is 5.99. The maximum absolute atomic E-state index is 12.7. The fourth-order valence-corrected chi connectivity index (χ4v) is 8.99. The molecule has 1 heterocycles. The second-order valence-corrected chi connectivity index (χ2v) is 12.3. The van der Waals surface area contributed by atoms with Crippen LogP contribution in [0.1, 0.15) is 97.3 Å². The number of ether oxygens (including phenoxy) is 1. The van der Waals surface area contributed by atoms with Crippen molar-refractivity contribution in [3.05, 3.63) is 0 Å². The summed E-state index contributed by atoms with van der Waals surface area (Å²) in [6, 6.07) is 0. The number of carbonyl (C=O) groups is 2. The van der Waals surface area contributed by atoms with Crippen LogP contribution in [0.25, 0.3) is 0 Å². The Morgan fingerprint density at radius 1 is 0.968 bits per heavy atom. The molecule has 0 radical (unpaired) electrons. The Morgan fingerprint density at radius 3 is 2.55 bits per heavy atom. The van der Waals surface area contributed by atoms with Crippen molar-refractivity contribution in [2.24, 2.45) is 34.5 Å². The summed E-state index contributed by atoms with van der Waals surface area (Å²) < 4.78 is 6.20. The van der Waals surface area contributed by atoms with Gasteiger partial charge < -0.3 is 9.64 Å². The maximum atomic E-state index is 12.7. The minimum absolute atomic E-state index is 0.0496. The number of ketones is 1. The third kappa shape index (κ3) is 3.89. The topological polar surface area (TPSA) is 47.8 Å². The van der Waals surface area contributed by atoms with E-state index in [-0.39, 0.29) is 17.5 Å². The van der Waals surface area contributed by atoms with Crippen LogP contribution < -0.4 is 4.90 Å². The first-order chi connectivity index (χ1) is 14.9. The normalized spacial score (nSPS) is 45.5. The molecule has 1 N–H and O–H groups in total. The van der Waals surface area contributed by atoms with Gasteiger partial charge in [0.1, 0.15) is 11.9 Å². The highest BCUT2D eigenvalue weighted by atomic mass is 16.5. The van der Waals surface area contributed by atoms with E-state index in [0.717, 1.165) is 44.1 Å². The average Bonchev–Trinajstić information content (AvgIpc) is 3.10. The summed E-state index contributed by atoms with van der Waals surface area (Å²) in [7, 11) is 0. The molecule has 4 nitrogen and oxygen atoms in total. The summed E-state index contributed by atoms with van der Waals surface area (Å²) >= 11 is 0. The molecule has 0 aromatic carbocycles. The molecule has 0 unspecified atom stereocenters. The smallest absolute Gasteiger partial charge is 0.311 e. The van der Waals surface area contributed by atoms with Crippen molar-refractivity contribution in [2.45, 2.75) is 103 Å². The SMILES string of the molecule is C[C@@]12CCC(=O)C[C@H]1CC[C@H]1[C@H]2CC[C@]2(C)[C@@H](OC(=O)CC[NH+]3CCCCC3)CC[C@@H]12. The Balaban J connectivity index is 1.22. The highest BCUT2D eigenvalue weighted by Crippen LogP contribution is 2.66. The van der Waals surface area contributed by atoms with E-state index in [9.17, 15) is 9.59 Å². The lowest BCUT2D eigenvalue weighted by Crippen LogP contribution is -3.12. The Bertz CT molecular complexity index is 701. The van der Waals surface area contributed by atoms with E-state index in [1.54, 1.807) is 4.90 Å². The number of Topliss-reactive ketones (excluding diaryl/α,β-unsaturated/α-hetero) is 1. The molecule has 5 rings (SSSR count). The van der Waals surface area contributed by atoms with Crippen LogP contribution >= 0.6 is 0 Å². The van der Waals surface area contributed by atoms with Crippen molar-refractivity contribution in [3.63, 3.8) is 0 Å². The number of nitrogens with one attached hydrogen (secondary N) is 1. The van der Waals surface area contributed by atoms with E-state index in [1.165, 1.54) is 64.5 Å². The zero-order valence-electron chi connectivity index (χ0n) is 19.9. The molecule has 0 bridgehead atoms. The summed E-state index contributed by atoms with van der Waals surface area (Å²) in [5.41, 5.74) is 0.534. The fourth-order valence-electron chi connectivity index (χ4n) is 8.99. The predicted octanol–water partition coefficient (Wildman–Crippen LogP) is 3.97. The van der Waals surface area contributed by atoms with Gasteiger partial charge in [-0.3, -0.25) is 9.59 Å².